The highest BCUT2D eigenvalue weighted by Crippen LogP contribution is 2.08. The number of rotatable bonds is 2. The maximum atomic E-state index is 6.47. The Bertz CT molecular complexity index is 194. The molecule has 1 rings (SSSR count). The quantitative estimate of drug-likeness (QED) is 0.742. The third-order valence-corrected chi connectivity index (χ3v) is 1.51. The van der Waals surface area contributed by atoms with Gasteiger partial charge in [0.2, 0.25) is 0 Å². The minimum atomic E-state index is 0.0983. The van der Waals surface area contributed by atoms with Crippen molar-refractivity contribution in [3.63, 3.8) is 0 Å². The third kappa shape index (κ3) is 3.67. The molecule has 3 N–H and O–H groups in total. The molecule has 0 radical (unpaired) electrons. The number of pyridine rings is 1. The van der Waals surface area contributed by atoms with Crippen molar-refractivity contribution in [3.05, 3.63) is 30.1 Å². The topological polar surface area (TPSA) is 59.1 Å². The summed E-state index contributed by atoms with van der Waals surface area (Å²) in [5.41, 5.74) is 6.71. The highest BCUT2D eigenvalue weighted by Gasteiger charge is 2.01. The first kappa shape index (κ1) is 11.4. The molecule has 0 amide bonds. The number of nitrogens with two attached hydrogens (primary N) is 1. The fourth-order valence-electron chi connectivity index (χ4n) is 0.804. The van der Waals surface area contributed by atoms with Gasteiger partial charge in [0.25, 0.3) is 0 Å². The molecule has 0 bridgehead atoms. The molecule has 0 aromatic carbocycles. The average molecular weight is 189 g/mol. The second kappa shape index (κ2) is 7.03. The maximum Gasteiger partial charge on any atom is 0.0579 e. The van der Waals surface area contributed by atoms with Crippen LogP contribution >= 0.6 is 11.9 Å². The summed E-state index contributed by atoms with van der Waals surface area (Å²) in [6.07, 6.45) is 2.71. The van der Waals surface area contributed by atoms with E-state index in [1.54, 1.807) is 6.20 Å². The molecule has 0 unspecified atom stereocenters. The van der Waals surface area contributed by atoms with Crippen LogP contribution < -0.4 is 5.73 Å². The fraction of sp³-hybridized carbons (Fsp3) is 0.375. The first-order valence-corrected chi connectivity index (χ1v) is 4.01. The van der Waals surface area contributed by atoms with Crippen molar-refractivity contribution in [2.45, 2.75) is 19.4 Å². The van der Waals surface area contributed by atoms with Gasteiger partial charge >= 0.3 is 0 Å². The largest absolute Gasteiger partial charge is 0.323 e. The normalized spacial score (nSPS) is 11.3. The van der Waals surface area contributed by atoms with Crippen LogP contribution in [0.15, 0.2) is 24.4 Å². The lowest BCUT2D eigenvalue weighted by atomic mass is 10.1. The van der Waals surface area contributed by atoms with Gasteiger partial charge in [-0.2, -0.15) is 0 Å². The molecule has 0 spiro atoms. The molecule has 0 saturated heterocycles. The second-order valence-electron chi connectivity index (χ2n) is 2.27. The van der Waals surface area contributed by atoms with E-state index in [2.05, 4.69) is 23.8 Å². The summed E-state index contributed by atoms with van der Waals surface area (Å²) in [7, 11) is 0. The zero-order chi connectivity index (χ0) is 9.40. The number of nitrogens with zero attached hydrogens (tertiary/aromatic N) is 1. The van der Waals surface area contributed by atoms with E-state index in [-0.39, 0.29) is 6.04 Å². The van der Waals surface area contributed by atoms with E-state index >= 15 is 0 Å². The van der Waals surface area contributed by atoms with E-state index in [0.29, 0.717) is 0 Å². The van der Waals surface area contributed by atoms with Crippen molar-refractivity contribution in [1.29, 1.82) is 0 Å². The van der Waals surface area contributed by atoms with E-state index < -0.39 is 0 Å². The summed E-state index contributed by atoms with van der Waals surface area (Å²) in [5.74, 6) is 0. The lowest BCUT2D eigenvalue weighted by Gasteiger charge is -2.05. The highest BCUT2D eigenvalue weighted by molar-refractivity contribution is 6.04. The van der Waals surface area contributed by atoms with Crippen molar-refractivity contribution >= 4 is 11.9 Å². The third-order valence-electron chi connectivity index (χ3n) is 1.51. The number of halogens is 1. The monoisotopic (exact) mass is 188 g/mol. The Morgan fingerprint density at radius 1 is 1.58 bits per heavy atom. The molecular formula is C8H13ClN2O. The van der Waals surface area contributed by atoms with Gasteiger partial charge in [-0.25, -0.2) is 0 Å². The lowest BCUT2D eigenvalue weighted by molar-refractivity contribution is 0.632. The summed E-state index contributed by atoms with van der Waals surface area (Å²) in [6.45, 7) is 2.05. The van der Waals surface area contributed by atoms with E-state index in [4.69, 9.17) is 10.4 Å². The first-order valence-electron chi connectivity index (χ1n) is 3.68. The van der Waals surface area contributed by atoms with Crippen LogP contribution in [0.25, 0.3) is 0 Å². The van der Waals surface area contributed by atoms with Crippen molar-refractivity contribution in [3.8, 4) is 0 Å². The zero-order valence-electron chi connectivity index (χ0n) is 6.94. The number of hydrogen-bond donors (Lipinski definition) is 2. The van der Waals surface area contributed by atoms with Gasteiger partial charge in [0.05, 0.1) is 17.6 Å². The van der Waals surface area contributed by atoms with Crippen LogP contribution in [0.5, 0.6) is 0 Å². The molecule has 1 heterocycles. The summed E-state index contributed by atoms with van der Waals surface area (Å²) in [5, 5.41) is 0. The highest BCUT2D eigenvalue weighted by atomic mass is 35.5. The smallest absolute Gasteiger partial charge is 0.0579 e. The fourth-order valence-corrected chi connectivity index (χ4v) is 0.804. The van der Waals surface area contributed by atoms with Gasteiger partial charge in [0.15, 0.2) is 0 Å². The summed E-state index contributed by atoms with van der Waals surface area (Å²) < 4.78 is 6.47. The Morgan fingerprint density at radius 3 is 2.67 bits per heavy atom. The van der Waals surface area contributed by atoms with E-state index in [1.807, 2.05) is 18.2 Å². The van der Waals surface area contributed by atoms with E-state index in [0.717, 1.165) is 12.1 Å². The number of aromatic nitrogens is 1. The Balaban J connectivity index is 0.000000561. The molecule has 0 saturated carbocycles. The molecule has 1 aromatic heterocycles. The number of hydrogen-bond acceptors (Lipinski definition) is 3. The van der Waals surface area contributed by atoms with E-state index in [9.17, 15) is 0 Å². The van der Waals surface area contributed by atoms with Crippen molar-refractivity contribution in [2.24, 2.45) is 5.73 Å². The molecule has 3 nitrogen and oxygen atoms in total. The van der Waals surface area contributed by atoms with Gasteiger partial charge in [0.1, 0.15) is 0 Å². The van der Waals surface area contributed by atoms with Gasteiger partial charge in [-0.1, -0.05) is 13.0 Å². The molecule has 12 heavy (non-hydrogen) atoms. The zero-order valence-corrected chi connectivity index (χ0v) is 7.70. The van der Waals surface area contributed by atoms with Crippen molar-refractivity contribution in [1.82, 2.24) is 4.98 Å². The molecule has 0 aliphatic heterocycles. The minimum Gasteiger partial charge on any atom is -0.323 e. The lowest BCUT2D eigenvalue weighted by Crippen LogP contribution is -2.09. The molecule has 0 aliphatic carbocycles. The first-order chi connectivity index (χ1) is 5.84. The van der Waals surface area contributed by atoms with Crippen LogP contribution in [0.4, 0.5) is 0 Å². The maximum absolute atomic E-state index is 6.47. The molecule has 1 aromatic rings. The predicted molar refractivity (Wildman–Crippen MR) is 49.5 cm³/mol. The van der Waals surface area contributed by atoms with Crippen molar-refractivity contribution in [2.75, 3.05) is 0 Å². The van der Waals surface area contributed by atoms with Gasteiger partial charge in [-0.05, 0) is 18.6 Å². The SMILES string of the molecule is CC[C@@H](N)c1ccccn1.OCl. The molecule has 1 atom stereocenters. The van der Waals surface area contributed by atoms with E-state index in [1.165, 1.54) is 0 Å². The summed E-state index contributed by atoms with van der Waals surface area (Å²) in [6, 6.07) is 5.90. The van der Waals surface area contributed by atoms with Crippen LogP contribution in [0, 0.1) is 0 Å². The molecule has 0 aliphatic rings. The van der Waals surface area contributed by atoms with Crippen LogP contribution in [-0.2, 0) is 0 Å². The minimum absolute atomic E-state index is 0.0983. The molecule has 68 valence electrons. The van der Waals surface area contributed by atoms with Gasteiger partial charge in [-0.3, -0.25) is 9.64 Å². The Morgan fingerprint density at radius 2 is 2.25 bits per heavy atom. The predicted octanol–water partition coefficient (Wildman–Crippen LogP) is 1.62. The van der Waals surface area contributed by atoms with Gasteiger partial charge in [0, 0.05) is 12.2 Å². The molecular weight excluding hydrogens is 176 g/mol. The Labute approximate surface area is 77.4 Å². The summed E-state index contributed by atoms with van der Waals surface area (Å²) in [4.78, 5) is 4.12. The van der Waals surface area contributed by atoms with Gasteiger partial charge in [-0.15, -0.1) is 0 Å². The standard InChI is InChI=1S/C8H12N2.ClHO/c1-2-7(9)8-5-3-4-6-10-8;1-2/h3-7H,2,9H2,1H3;2H/t7-;/m1./s1. The molecule has 0 fully saturated rings. The van der Waals surface area contributed by atoms with Crippen LogP contribution in [-0.4, -0.2) is 9.64 Å². The van der Waals surface area contributed by atoms with Crippen LogP contribution in [0.1, 0.15) is 25.1 Å². The van der Waals surface area contributed by atoms with Crippen LogP contribution in [0.2, 0.25) is 0 Å². The van der Waals surface area contributed by atoms with Crippen LogP contribution in [0.3, 0.4) is 0 Å². The van der Waals surface area contributed by atoms with Gasteiger partial charge < -0.3 is 5.73 Å². The average Bonchev–Trinajstić information content (AvgIpc) is 2.21. The second-order valence-corrected chi connectivity index (χ2v) is 2.27. The summed E-state index contributed by atoms with van der Waals surface area (Å²) >= 11 is 3.64. The Kier molecular flexibility index (Phi) is 6.66. The molecule has 4 heteroatoms. The van der Waals surface area contributed by atoms with Crippen molar-refractivity contribution < 1.29 is 4.66 Å². The Hall–Kier alpha value is -0.640.